The van der Waals surface area contributed by atoms with E-state index < -0.39 is 6.10 Å². The lowest BCUT2D eigenvalue weighted by molar-refractivity contribution is 0.199. The van der Waals surface area contributed by atoms with E-state index in [4.69, 9.17) is 0 Å². The Labute approximate surface area is 115 Å². The van der Waals surface area contributed by atoms with Crippen molar-refractivity contribution in [2.45, 2.75) is 26.1 Å². The van der Waals surface area contributed by atoms with Gasteiger partial charge in [0, 0.05) is 13.1 Å². The first-order valence-electron chi connectivity index (χ1n) is 6.64. The summed E-state index contributed by atoms with van der Waals surface area (Å²) in [6.07, 6.45) is -0.393. The average Bonchev–Trinajstić information content (AvgIpc) is 2.40. The minimum atomic E-state index is -0.393. The number of hydrogen-bond acceptors (Lipinski definition) is 2. The van der Waals surface area contributed by atoms with Gasteiger partial charge in [-0.2, -0.15) is 0 Å². The van der Waals surface area contributed by atoms with Gasteiger partial charge < -0.3 is 5.11 Å². The highest BCUT2D eigenvalue weighted by Gasteiger charge is 2.03. The molecule has 0 aromatic heterocycles. The predicted octanol–water partition coefficient (Wildman–Crippen LogP) is 3.37. The molecule has 2 aromatic rings. The van der Waals surface area contributed by atoms with Gasteiger partial charge in [0.1, 0.15) is 0 Å². The maximum Gasteiger partial charge on any atom is 0.0761 e. The van der Waals surface area contributed by atoms with Crippen LogP contribution in [0, 0.1) is 0 Å². The van der Waals surface area contributed by atoms with Crippen LogP contribution in [-0.2, 0) is 13.1 Å². The van der Waals surface area contributed by atoms with E-state index in [1.807, 2.05) is 18.2 Å². The lowest BCUT2D eigenvalue weighted by Gasteiger charge is -2.17. The Balaban J connectivity index is 1.93. The molecule has 0 aliphatic heterocycles. The zero-order valence-corrected chi connectivity index (χ0v) is 11.6. The average molecular weight is 255 g/mol. The molecule has 2 heteroatoms. The van der Waals surface area contributed by atoms with Crippen molar-refractivity contribution < 1.29 is 5.11 Å². The maximum absolute atomic E-state index is 9.48. The van der Waals surface area contributed by atoms with Gasteiger partial charge in [-0.15, -0.1) is 0 Å². The molecule has 1 unspecified atom stereocenters. The van der Waals surface area contributed by atoms with Crippen molar-refractivity contribution in [3.63, 3.8) is 0 Å². The van der Waals surface area contributed by atoms with E-state index in [-0.39, 0.29) is 0 Å². The quantitative estimate of drug-likeness (QED) is 0.885. The molecule has 1 N–H and O–H groups in total. The lowest BCUT2D eigenvalue weighted by Crippen LogP contribution is -2.17. The SMILES string of the molecule is CC(O)c1ccc(CN(C)Cc2ccccc2)cc1. The Morgan fingerprint density at radius 3 is 1.95 bits per heavy atom. The number of rotatable bonds is 5. The first kappa shape index (κ1) is 13.8. The van der Waals surface area contributed by atoms with E-state index >= 15 is 0 Å². The molecule has 0 saturated carbocycles. The summed E-state index contributed by atoms with van der Waals surface area (Å²) >= 11 is 0. The molecule has 2 nitrogen and oxygen atoms in total. The normalized spacial score (nSPS) is 12.6. The molecule has 1 atom stereocenters. The van der Waals surface area contributed by atoms with Crippen LogP contribution in [0.25, 0.3) is 0 Å². The molecule has 2 aromatic carbocycles. The Kier molecular flexibility index (Phi) is 4.72. The van der Waals surface area contributed by atoms with Crippen molar-refractivity contribution in [1.29, 1.82) is 0 Å². The van der Waals surface area contributed by atoms with Gasteiger partial charge >= 0.3 is 0 Å². The van der Waals surface area contributed by atoms with Crippen LogP contribution in [0.5, 0.6) is 0 Å². The monoisotopic (exact) mass is 255 g/mol. The fourth-order valence-electron chi connectivity index (χ4n) is 2.16. The molecule has 0 fully saturated rings. The van der Waals surface area contributed by atoms with Crippen LogP contribution in [0.2, 0.25) is 0 Å². The van der Waals surface area contributed by atoms with Crippen molar-refractivity contribution in [3.05, 3.63) is 71.3 Å². The number of benzene rings is 2. The maximum atomic E-state index is 9.48. The number of nitrogens with zero attached hydrogens (tertiary/aromatic N) is 1. The van der Waals surface area contributed by atoms with Gasteiger partial charge in [0.05, 0.1) is 6.10 Å². The fourth-order valence-corrected chi connectivity index (χ4v) is 2.16. The van der Waals surface area contributed by atoms with Crippen molar-refractivity contribution >= 4 is 0 Å². The zero-order valence-electron chi connectivity index (χ0n) is 11.6. The van der Waals surface area contributed by atoms with Gasteiger partial charge in [0.2, 0.25) is 0 Å². The summed E-state index contributed by atoms with van der Waals surface area (Å²) in [5.41, 5.74) is 3.56. The Bertz CT molecular complexity index is 490. The molecule has 0 heterocycles. The number of hydrogen-bond donors (Lipinski definition) is 1. The predicted molar refractivity (Wildman–Crippen MR) is 78.7 cm³/mol. The molecular weight excluding hydrogens is 234 g/mol. The summed E-state index contributed by atoms with van der Waals surface area (Å²) in [6, 6.07) is 18.6. The Morgan fingerprint density at radius 1 is 0.895 bits per heavy atom. The summed E-state index contributed by atoms with van der Waals surface area (Å²) in [7, 11) is 2.12. The molecule has 0 spiro atoms. The third-order valence-electron chi connectivity index (χ3n) is 3.21. The van der Waals surface area contributed by atoms with E-state index in [1.165, 1.54) is 11.1 Å². The van der Waals surface area contributed by atoms with E-state index in [0.29, 0.717) is 0 Å². The van der Waals surface area contributed by atoms with E-state index in [1.54, 1.807) is 6.92 Å². The van der Waals surface area contributed by atoms with Crippen LogP contribution < -0.4 is 0 Å². The second-order valence-corrected chi connectivity index (χ2v) is 5.08. The Morgan fingerprint density at radius 2 is 1.42 bits per heavy atom. The summed E-state index contributed by atoms with van der Waals surface area (Å²) in [5, 5.41) is 9.48. The second-order valence-electron chi connectivity index (χ2n) is 5.08. The van der Waals surface area contributed by atoms with E-state index in [9.17, 15) is 5.11 Å². The summed E-state index contributed by atoms with van der Waals surface area (Å²) in [4.78, 5) is 2.28. The third-order valence-corrected chi connectivity index (χ3v) is 3.21. The van der Waals surface area contributed by atoms with E-state index in [0.717, 1.165) is 18.7 Å². The van der Waals surface area contributed by atoms with Gasteiger partial charge in [-0.3, -0.25) is 4.90 Å². The third kappa shape index (κ3) is 4.19. The first-order chi connectivity index (χ1) is 9.15. The molecule has 0 aliphatic rings. The number of aliphatic hydroxyl groups excluding tert-OH is 1. The van der Waals surface area contributed by atoms with Gasteiger partial charge in [-0.25, -0.2) is 0 Å². The molecule has 0 aliphatic carbocycles. The van der Waals surface area contributed by atoms with Gasteiger partial charge in [0.25, 0.3) is 0 Å². The lowest BCUT2D eigenvalue weighted by atomic mass is 10.1. The Hall–Kier alpha value is -1.64. The standard InChI is InChI=1S/C17H21NO/c1-14(19)17-10-8-16(9-11-17)13-18(2)12-15-6-4-3-5-7-15/h3-11,14,19H,12-13H2,1-2H3. The van der Waals surface area contributed by atoms with Gasteiger partial charge in [0.15, 0.2) is 0 Å². The molecule has 0 bridgehead atoms. The fraction of sp³-hybridized carbons (Fsp3) is 0.294. The van der Waals surface area contributed by atoms with Gasteiger partial charge in [-0.1, -0.05) is 54.6 Å². The van der Waals surface area contributed by atoms with Crippen molar-refractivity contribution in [2.75, 3.05) is 7.05 Å². The largest absolute Gasteiger partial charge is 0.389 e. The van der Waals surface area contributed by atoms with Crippen LogP contribution in [-0.4, -0.2) is 17.1 Å². The zero-order chi connectivity index (χ0) is 13.7. The van der Waals surface area contributed by atoms with Crippen LogP contribution in [0.1, 0.15) is 29.7 Å². The summed E-state index contributed by atoms with van der Waals surface area (Å²) in [5.74, 6) is 0. The second kappa shape index (κ2) is 6.50. The van der Waals surface area contributed by atoms with Crippen molar-refractivity contribution in [1.82, 2.24) is 4.90 Å². The molecular formula is C17H21NO. The van der Waals surface area contributed by atoms with E-state index in [2.05, 4.69) is 48.3 Å². The summed E-state index contributed by atoms with van der Waals surface area (Å²) in [6.45, 7) is 3.64. The highest BCUT2D eigenvalue weighted by Crippen LogP contribution is 2.14. The first-order valence-corrected chi connectivity index (χ1v) is 6.64. The number of aliphatic hydroxyl groups is 1. The summed E-state index contributed by atoms with van der Waals surface area (Å²) < 4.78 is 0. The molecule has 100 valence electrons. The molecule has 0 radical (unpaired) electrons. The molecule has 0 saturated heterocycles. The molecule has 0 amide bonds. The smallest absolute Gasteiger partial charge is 0.0761 e. The van der Waals surface area contributed by atoms with Crippen molar-refractivity contribution in [3.8, 4) is 0 Å². The van der Waals surface area contributed by atoms with Crippen LogP contribution in [0.4, 0.5) is 0 Å². The van der Waals surface area contributed by atoms with Crippen LogP contribution >= 0.6 is 0 Å². The highest BCUT2D eigenvalue weighted by molar-refractivity contribution is 5.24. The van der Waals surface area contributed by atoms with Gasteiger partial charge in [-0.05, 0) is 30.7 Å². The van der Waals surface area contributed by atoms with Crippen molar-refractivity contribution in [2.24, 2.45) is 0 Å². The van der Waals surface area contributed by atoms with Crippen LogP contribution in [0.15, 0.2) is 54.6 Å². The topological polar surface area (TPSA) is 23.5 Å². The molecule has 19 heavy (non-hydrogen) atoms. The molecule has 2 rings (SSSR count). The minimum absolute atomic E-state index is 0.393. The minimum Gasteiger partial charge on any atom is -0.389 e. The highest BCUT2D eigenvalue weighted by atomic mass is 16.3. The van der Waals surface area contributed by atoms with Crippen LogP contribution in [0.3, 0.4) is 0 Å².